The van der Waals surface area contributed by atoms with Gasteiger partial charge < -0.3 is 14.6 Å². The van der Waals surface area contributed by atoms with Crippen LogP contribution in [0.15, 0.2) is 77.6 Å². The number of benzene rings is 3. The van der Waals surface area contributed by atoms with E-state index in [9.17, 15) is 9.59 Å². The quantitative estimate of drug-likeness (QED) is 0.496. The second kappa shape index (κ2) is 8.83. The first kappa shape index (κ1) is 20.3. The number of carbonyl (C=O) groups excluding carboxylic acids is 1. The number of anilines is 1. The fourth-order valence-electron chi connectivity index (χ4n) is 3.48. The molecule has 1 N–H and O–H groups in total. The normalized spacial score (nSPS) is 10.8. The summed E-state index contributed by atoms with van der Waals surface area (Å²) in [7, 11) is 0. The summed E-state index contributed by atoms with van der Waals surface area (Å²) in [6.45, 7) is 5.00. The number of aryl methyl sites for hydroxylation is 1. The van der Waals surface area contributed by atoms with Crippen molar-refractivity contribution in [3.63, 3.8) is 0 Å². The molecule has 1 aromatic heterocycles. The van der Waals surface area contributed by atoms with E-state index in [0.29, 0.717) is 35.7 Å². The van der Waals surface area contributed by atoms with E-state index in [1.807, 2.05) is 50.2 Å². The molecule has 4 rings (SSSR count). The van der Waals surface area contributed by atoms with Gasteiger partial charge in [-0.2, -0.15) is 0 Å². The topological polar surface area (TPSA) is 73.2 Å². The SMILES string of the molecule is CCOc1ccc(NC(=O)c2ccc(-c3nc4ccccc4n(CC)c3=O)cc2)cc1. The lowest BCUT2D eigenvalue weighted by Crippen LogP contribution is -2.23. The van der Waals surface area contributed by atoms with Gasteiger partial charge in [0.1, 0.15) is 11.4 Å². The van der Waals surface area contributed by atoms with Crippen molar-refractivity contribution in [1.82, 2.24) is 9.55 Å². The Bertz CT molecular complexity index is 1280. The Kier molecular flexibility index (Phi) is 5.80. The average molecular weight is 413 g/mol. The van der Waals surface area contributed by atoms with E-state index in [2.05, 4.69) is 10.3 Å². The molecule has 1 amide bonds. The van der Waals surface area contributed by atoms with Crippen LogP contribution in [-0.2, 0) is 6.54 Å². The fraction of sp³-hybridized carbons (Fsp3) is 0.160. The molecule has 0 atom stereocenters. The van der Waals surface area contributed by atoms with Crippen LogP contribution < -0.4 is 15.6 Å². The van der Waals surface area contributed by atoms with E-state index in [0.717, 1.165) is 16.8 Å². The molecule has 4 aromatic rings. The molecule has 0 radical (unpaired) electrons. The lowest BCUT2D eigenvalue weighted by molar-refractivity contribution is 0.102. The monoisotopic (exact) mass is 413 g/mol. The zero-order valence-electron chi connectivity index (χ0n) is 17.5. The molecular formula is C25H23N3O3. The van der Waals surface area contributed by atoms with Crippen LogP contribution in [0.3, 0.4) is 0 Å². The molecule has 6 nitrogen and oxygen atoms in total. The standard InChI is InChI=1S/C25H23N3O3/c1-3-28-22-8-6-5-7-21(22)27-23(25(28)30)17-9-11-18(12-10-17)24(29)26-19-13-15-20(16-14-19)31-4-2/h5-16H,3-4H2,1-2H3,(H,26,29). The van der Waals surface area contributed by atoms with E-state index in [4.69, 9.17) is 4.74 Å². The third-order valence-electron chi connectivity index (χ3n) is 5.01. The lowest BCUT2D eigenvalue weighted by Gasteiger charge is -2.11. The van der Waals surface area contributed by atoms with Crippen LogP contribution in [0.1, 0.15) is 24.2 Å². The highest BCUT2D eigenvalue weighted by Gasteiger charge is 2.13. The molecule has 0 spiro atoms. The number of nitrogens with one attached hydrogen (secondary N) is 1. The maximum atomic E-state index is 13.0. The highest BCUT2D eigenvalue weighted by Crippen LogP contribution is 2.20. The minimum atomic E-state index is -0.229. The number of fused-ring (bicyclic) bond motifs is 1. The molecule has 1 heterocycles. The van der Waals surface area contributed by atoms with Crippen LogP contribution in [0.2, 0.25) is 0 Å². The van der Waals surface area contributed by atoms with Gasteiger partial charge in [-0.15, -0.1) is 0 Å². The van der Waals surface area contributed by atoms with Gasteiger partial charge in [-0.1, -0.05) is 24.3 Å². The molecule has 31 heavy (non-hydrogen) atoms. The number of ether oxygens (including phenoxy) is 1. The highest BCUT2D eigenvalue weighted by molar-refractivity contribution is 6.04. The summed E-state index contributed by atoms with van der Waals surface area (Å²) in [5.41, 5.74) is 3.65. The first-order valence-electron chi connectivity index (χ1n) is 10.2. The lowest BCUT2D eigenvalue weighted by atomic mass is 10.1. The zero-order valence-corrected chi connectivity index (χ0v) is 17.5. The maximum absolute atomic E-state index is 13.0. The van der Waals surface area contributed by atoms with Gasteiger partial charge in [0.15, 0.2) is 0 Å². The van der Waals surface area contributed by atoms with E-state index >= 15 is 0 Å². The molecule has 0 aliphatic carbocycles. The number of carbonyl (C=O) groups is 1. The fourth-order valence-corrected chi connectivity index (χ4v) is 3.48. The van der Waals surface area contributed by atoms with E-state index < -0.39 is 0 Å². The van der Waals surface area contributed by atoms with Gasteiger partial charge in [0, 0.05) is 23.4 Å². The molecule has 0 saturated carbocycles. The summed E-state index contributed by atoms with van der Waals surface area (Å²) < 4.78 is 7.13. The Hall–Kier alpha value is -3.93. The summed E-state index contributed by atoms with van der Waals surface area (Å²) in [5.74, 6) is 0.527. The Balaban J connectivity index is 1.59. The zero-order chi connectivity index (χ0) is 21.8. The van der Waals surface area contributed by atoms with Crippen molar-refractivity contribution in [1.29, 1.82) is 0 Å². The van der Waals surface area contributed by atoms with Crippen molar-refractivity contribution < 1.29 is 9.53 Å². The van der Waals surface area contributed by atoms with Crippen molar-refractivity contribution in [2.75, 3.05) is 11.9 Å². The Morgan fingerprint density at radius 2 is 1.68 bits per heavy atom. The maximum Gasteiger partial charge on any atom is 0.277 e. The van der Waals surface area contributed by atoms with Gasteiger partial charge in [-0.25, -0.2) is 4.98 Å². The van der Waals surface area contributed by atoms with Gasteiger partial charge in [0.2, 0.25) is 0 Å². The minimum Gasteiger partial charge on any atom is -0.494 e. The molecule has 0 fully saturated rings. The van der Waals surface area contributed by atoms with Gasteiger partial charge in [-0.3, -0.25) is 9.59 Å². The average Bonchev–Trinajstić information content (AvgIpc) is 2.80. The van der Waals surface area contributed by atoms with E-state index in [-0.39, 0.29) is 11.5 Å². The number of hydrogen-bond donors (Lipinski definition) is 1. The molecular weight excluding hydrogens is 390 g/mol. The second-order valence-corrected chi connectivity index (χ2v) is 6.99. The number of para-hydroxylation sites is 2. The summed E-state index contributed by atoms with van der Waals surface area (Å²) in [5, 5.41) is 2.86. The van der Waals surface area contributed by atoms with Crippen LogP contribution in [0.5, 0.6) is 5.75 Å². The summed E-state index contributed by atoms with van der Waals surface area (Å²) >= 11 is 0. The molecule has 156 valence electrons. The molecule has 0 aliphatic rings. The summed E-state index contributed by atoms with van der Waals surface area (Å²) in [6, 6.07) is 21.7. The second-order valence-electron chi connectivity index (χ2n) is 6.99. The van der Waals surface area contributed by atoms with Crippen molar-refractivity contribution >= 4 is 22.6 Å². The summed E-state index contributed by atoms with van der Waals surface area (Å²) in [6.07, 6.45) is 0. The van der Waals surface area contributed by atoms with Crippen LogP contribution >= 0.6 is 0 Å². The third kappa shape index (κ3) is 4.19. The number of hydrogen-bond acceptors (Lipinski definition) is 4. The number of rotatable bonds is 6. The van der Waals surface area contributed by atoms with Crippen molar-refractivity contribution in [3.05, 3.63) is 88.7 Å². The van der Waals surface area contributed by atoms with E-state index in [1.165, 1.54) is 0 Å². The largest absolute Gasteiger partial charge is 0.494 e. The van der Waals surface area contributed by atoms with Crippen LogP contribution in [0.25, 0.3) is 22.3 Å². The highest BCUT2D eigenvalue weighted by atomic mass is 16.5. The Labute approximate surface area is 180 Å². The first-order chi connectivity index (χ1) is 15.1. The molecule has 0 aliphatic heterocycles. The van der Waals surface area contributed by atoms with Crippen molar-refractivity contribution in [3.8, 4) is 17.0 Å². The molecule has 0 unspecified atom stereocenters. The third-order valence-corrected chi connectivity index (χ3v) is 5.01. The Morgan fingerprint density at radius 3 is 2.35 bits per heavy atom. The number of aromatic nitrogens is 2. The predicted octanol–water partition coefficient (Wildman–Crippen LogP) is 4.73. The van der Waals surface area contributed by atoms with Crippen molar-refractivity contribution in [2.24, 2.45) is 0 Å². The van der Waals surface area contributed by atoms with Gasteiger partial charge >= 0.3 is 0 Å². The number of nitrogens with zero attached hydrogens (tertiary/aromatic N) is 2. The van der Waals surface area contributed by atoms with Gasteiger partial charge in [-0.05, 0) is 62.4 Å². The predicted molar refractivity (Wildman–Crippen MR) is 123 cm³/mol. The van der Waals surface area contributed by atoms with E-state index in [1.54, 1.807) is 41.0 Å². The molecule has 0 saturated heterocycles. The van der Waals surface area contributed by atoms with Crippen molar-refractivity contribution in [2.45, 2.75) is 20.4 Å². The Morgan fingerprint density at radius 1 is 0.968 bits per heavy atom. The molecule has 0 bridgehead atoms. The first-order valence-corrected chi connectivity index (χ1v) is 10.2. The van der Waals surface area contributed by atoms with Gasteiger partial charge in [0.25, 0.3) is 11.5 Å². The minimum absolute atomic E-state index is 0.146. The summed E-state index contributed by atoms with van der Waals surface area (Å²) in [4.78, 5) is 30.1. The molecule has 3 aromatic carbocycles. The van der Waals surface area contributed by atoms with Gasteiger partial charge in [0.05, 0.1) is 17.6 Å². The molecule has 6 heteroatoms. The van der Waals surface area contributed by atoms with Crippen LogP contribution in [0.4, 0.5) is 5.69 Å². The van der Waals surface area contributed by atoms with Crippen LogP contribution in [0, 0.1) is 0 Å². The number of amides is 1. The van der Waals surface area contributed by atoms with Crippen LogP contribution in [-0.4, -0.2) is 22.1 Å². The smallest absolute Gasteiger partial charge is 0.277 e.